The molecule has 1 aliphatic carbocycles. The molecule has 0 radical (unpaired) electrons. The van der Waals surface area contributed by atoms with Crippen LogP contribution in [-0.4, -0.2) is 24.7 Å². The minimum absolute atomic E-state index is 0.186. The molecule has 1 heterocycles. The van der Waals surface area contributed by atoms with Crippen molar-refractivity contribution in [3.63, 3.8) is 0 Å². The van der Waals surface area contributed by atoms with Gasteiger partial charge in [0.2, 0.25) is 0 Å². The Balaban J connectivity index is 2.28. The molecule has 20 heavy (non-hydrogen) atoms. The Labute approximate surface area is 116 Å². The van der Waals surface area contributed by atoms with Crippen molar-refractivity contribution in [2.24, 2.45) is 0 Å². The maximum atomic E-state index is 13.1. The number of methoxy groups -OCH3 is 1. The lowest BCUT2D eigenvalue weighted by Gasteiger charge is -2.43. The summed E-state index contributed by atoms with van der Waals surface area (Å²) in [5.74, 6) is 0. The van der Waals surface area contributed by atoms with Gasteiger partial charge in [-0.15, -0.1) is 0 Å². The number of nitrogens with zero attached hydrogens (tertiary/aromatic N) is 1. The summed E-state index contributed by atoms with van der Waals surface area (Å²) in [7, 11) is 3.29. The molecule has 2 rings (SSSR count). The summed E-state index contributed by atoms with van der Waals surface area (Å²) in [6.45, 7) is 0. The van der Waals surface area contributed by atoms with Crippen molar-refractivity contribution in [3.8, 4) is 0 Å². The molecule has 0 saturated heterocycles. The van der Waals surface area contributed by atoms with Crippen LogP contribution in [0.2, 0.25) is 0 Å². The molecule has 1 N–H and O–H groups in total. The monoisotopic (exact) mass is 288 g/mol. The van der Waals surface area contributed by atoms with Crippen molar-refractivity contribution in [1.29, 1.82) is 0 Å². The second-order valence-corrected chi connectivity index (χ2v) is 5.25. The Morgan fingerprint density at radius 3 is 2.60 bits per heavy atom. The average Bonchev–Trinajstić information content (AvgIpc) is 2.37. The number of halogens is 3. The van der Waals surface area contributed by atoms with Gasteiger partial charge in [-0.3, -0.25) is 4.98 Å². The van der Waals surface area contributed by atoms with E-state index in [0.717, 1.165) is 25.3 Å². The average molecular weight is 288 g/mol. The second-order valence-electron chi connectivity index (χ2n) is 5.25. The van der Waals surface area contributed by atoms with Gasteiger partial charge in [0.1, 0.15) is 0 Å². The first-order chi connectivity index (χ1) is 9.42. The molecular formula is C14H19F3N2O. The lowest BCUT2D eigenvalue weighted by atomic mass is 9.74. The van der Waals surface area contributed by atoms with E-state index < -0.39 is 17.8 Å². The zero-order valence-electron chi connectivity index (χ0n) is 11.6. The topological polar surface area (TPSA) is 34.1 Å². The molecule has 0 amide bonds. The van der Waals surface area contributed by atoms with E-state index in [-0.39, 0.29) is 11.2 Å². The first kappa shape index (κ1) is 15.3. The van der Waals surface area contributed by atoms with Crippen molar-refractivity contribution in [2.45, 2.75) is 43.5 Å². The Morgan fingerprint density at radius 2 is 2.15 bits per heavy atom. The Morgan fingerprint density at radius 1 is 1.45 bits per heavy atom. The molecule has 1 fully saturated rings. The van der Waals surface area contributed by atoms with Crippen molar-refractivity contribution in [3.05, 3.63) is 29.6 Å². The van der Waals surface area contributed by atoms with Gasteiger partial charge in [-0.05, 0) is 44.4 Å². The molecule has 112 valence electrons. The fourth-order valence-electron chi connectivity index (χ4n) is 2.74. The minimum Gasteiger partial charge on any atom is -0.378 e. The van der Waals surface area contributed by atoms with Gasteiger partial charge in [0.15, 0.2) is 0 Å². The highest BCUT2D eigenvalue weighted by Crippen LogP contribution is 2.43. The summed E-state index contributed by atoms with van der Waals surface area (Å²) in [6.07, 6.45) is 1.47. The highest BCUT2D eigenvalue weighted by Gasteiger charge is 2.41. The van der Waals surface area contributed by atoms with Crippen LogP contribution in [0.25, 0.3) is 0 Å². The van der Waals surface area contributed by atoms with E-state index in [1.54, 1.807) is 14.2 Å². The summed E-state index contributed by atoms with van der Waals surface area (Å²) in [4.78, 5) is 3.85. The Bertz CT molecular complexity index is 452. The van der Waals surface area contributed by atoms with E-state index in [1.165, 1.54) is 12.4 Å². The number of hydrogen-bond acceptors (Lipinski definition) is 3. The maximum Gasteiger partial charge on any atom is 0.416 e. The largest absolute Gasteiger partial charge is 0.416 e. The SMILES string of the molecule is CNC(CC1(OC)CCC1)c1cnccc1C(F)(F)F. The highest BCUT2D eigenvalue weighted by molar-refractivity contribution is 5.29. The number of aromatic nitrogens is 1. The predicted molar refractivity (Wildman–Crippen MR) is 69.2 cm³/mol. The number of alkyl halides is 3. The fourth-order valence-corrected chi connectivity index (χ4v) is 2.74. The number of rotatable bonds is 5. The molecule has 1 aromatic rings. The van der Waals surface area contributed by atoms with Crippen LogP contribution in [0.1, 0.15) is 42.9 Å². The molecule has 1 aromatic heterocycles. The van der Waals surface area contributed by atoms with Gasteiger partial charge in [-0.2, -0.15) is 13.2 Å². The van der Waals surface area contributed by atoms with E-state index in [0.29, 0.717) is 6.42 Å². The first-order valence-corrected chi connectivity index (χ1v) is 6.65. The summed E-state index contributed by atoms with van der Waals surface area (Å²) in [6, 6.07) is 0.612. The summed E-state index contributed by atoms with van der Waals surface area (Å²) in [5.41, 5.74) is -0.741. The normalized spacial score (nSPS) is 19.4. The van der Waals surface area contributed by atoms with E-state index >= 15 is 0 Å². The van der Waals surface area contributed by atoms with Crippen molar-refractivity contribution in [2.75, 3.05) is 14.2 Å². The summed E-state index contributed by atoms with van der Waals surface area (Å²) < 4.78 is 44.7. The van der Waals surface area contributed by atoms with Crippen molar-refractivity contribution >= 4 is 0 Å². The van der Waals surface area contributed by atoms with Crippen LogP contribution < -0.4 is 5.32 Å². The smallest absolute Gasteiger partial charge is 0.378 e. The molecule has 3 nitrogen and oxygen atoms in total. The van der Waals surface area contributed by atoms with Crippen LogP contribution in [-0.2, 0) is 10.9 Å². The zero-order chi connectivity index (χ0) is 14.8. The number of ether oxygens (including phenoxy) is 1. The minimum atomic E-state index is -4.37. The van der Waals surface area contributed by atoms with E-state index in [2.05, 4.69) is 10.3 Å². The van der Waals surface area contributed by atoms with E-state index in [9.17, 15) is 13.2 Å². The molecule has 0 bridgehead atoms. The van der Waals surface area contributed by atoms with E-state index in [1.807, 2.05) is 0 Å². The van der Waals surface area contributed by atoms with Crippen molar-refractivity contribution in [1.82, 2.24) is 10.3 Å². The summed E-state index contributed by atoms with van der Waals surface area (Å²) >= 11 is 0. The lowest BCUT2D eigenvalue weighted by Crippen LogP contribution is -2.42. The number of pyridine rings is 1. The van der Waals surface area contributed by atoms with Crippen LogP contribution in [0.4, 0.5) is 13.2 Å². The van der Waals surface area contributed by atoms with Crippen LogP contribution in [0.5, 0.6) is 0 Å². The first-order valence-electron chi connectivity index (χ1n) is 6.65. The fraction of sp³-hybridized carbons (Fsp3) is 0.643. The Kier molecular flexibility index (Phi) is 4.34. The number of nitrogens with one attached hydrogen (secondary N) is 1. The van der Waals surface area contributed by atoms with Gasteiger partial charge in [0, 0.05) is 25.5 Å². The van der Waals surface area contributed by atoms with E-state index in [4.69, 9.17) is 4.74 Å². The third-order valence-electron chi connectivity index (χ3n) is 4.16. The molecule has 1 saturated carbocycles. The third kappa shape index (κ3) is 2.96. The summed E-state index contributed by atoms with van der Waals surface area (Å²) in [5, 5.41) is 2.97. The molecule has 0 aliphatic heterocycles. The van der Waals surface area contributed by atoms with Crippen LogP contribution in [0.15, 0.2) is 18.5 Å². The van der Waals surface area contributed by atoms with Crippen molar-refractivity contribution < 1.29 is 17.9 Å². The number of hydrogen-bond donors (Lipinski definition) is 1. The molecule has 6 heteroatoms. The predicted octanol–water partition coefficient (Wildman–Crippen LogP) is 3.32. The third-order valence-corrected chi connectivity index (χ3v) is 4.16. The van der Waals surface area contributed by atoms with Gasteiger partial charge < -0.3 is 10.1 Å². The maximum absolute atomic E-state index is 13.1. The Hall–Kier alpha value is -1.14. The second kappa shape index (κ2) is 5.69. The molecular weight excluding hydrogens is 269 g/mol. The highest BCUT2D eigenvalue weighted by atomic mass is 19.4. The molecule has 1 aliphatic rings. The van der Waals surface area contributed by atoms with Gasteiger partial charge >= 0.3 is 6.18 Å². The van der Waals surface area contributed by atoms with Crippen LogP contribution in [0.3, 0.4) is 0 Å². The zero-order valence-corrected chi connectivity index (χ0v) is 11.6. The lowest BCUT2D eigenvalue weighted by molar-refractivity contribution is -0.139. The molecule has 0 spiro atoms. The van der Waals surface area contributed by atoms with Gasteiger partial charge in [0.25, 0.3) is 0 Å². The van der Waals surface area contributed by atoms with Gasteiger partial charge in [-0.1, -0.05) is 0 Å². The molecule has 0 aromatic carbocycles. The van der Waals surface area contributed by atoms with Gasteiger partial charge in [-0.25, -0.2) is 0 Å². The van der Waals surface area contributed by atoms with Gasteiger partial charge in [0.05, 0.1) is 11.2 Å². The standard InChI is InChI=1S/C14H19F3N2O/c1-18-12(8-13(20-2)5-3-6-13)10-9-19-7-4-11(10)14(15,16)17/h4,7,9,12,18H,3,5-6,8H2,1-2H3. The molecule has 1 atom stereocenters. The van der Waals surface area contributed by atoms with Crippen LogP contribution in [0, 0.1) is 0 Å². The molecule has 1 unspecified atom stereocenters. The quantitative estimate of drug-likeness (QED) is 0.902. The van der Waals surface area contributed by atoms with Crippen LogP contribution >= 0.6 is 0 Å².